The second kappa shape index (κ2) is 3.43. The maximum absolute atomic E-state index is 11.9. The molecule has 3 rings (SSSR count). The Balaban J connectivity index is 1.45. The van der Waals surface area contributed by atoms with Gasteiger partial charge in [-0.15, -0.1) is 0 Å². The Kier molecular flexibility index (Phi) is 2.34. The van der Waals surface area contributed by atoms with Crippen LogP contribution in [0.4, 0.5) is 4.79 Å². The summed E-state index contributed by atoms with van der Waals surface area (Å²) in [5.74, 6) is 0.929. The van der Waals surface area contributed by atoms with Gasteiger partial charge in [0.25, 0.3) is 0 Å². The molecule has 1 saturated heterocycles. The molecule has 0 atom stereocenters. The highest BCUT2D eigenvalue weighted by Gasteiger charge is 2.60. The zero-order valence-electron chi connectivity index (χ0n) is 12.1. The lowest BCUT2D eigenvalue weighted by Crippen LogP contribution is -2.65. The van der Waals surface area contributed by atoms with E-state index >= 15 is 0 Å². The minimum Gasteiger partial charge on any atom is -0.444 e. The van der Waals surface area contributed by atoms with Crippen molar-refractivity contribution in [1.29, 1.82) is 0 Å². The summed E-state index contributed by atoms with van der Waals surface area (Å²) in [4.78, 5) is 13.7. The largest absolute Gasteiger partial charge is 0.444 e. The average Bonchev–Trinajstić information content (AvgIpc) is 2.75. The van der Waals surface area contributed by atoms with Gasteiger partial charge in [0.2, 0.25) is 0 Å². The molecule has 0 aromatic rings. The van der Waals surface area contributed by atoms with Gasteiger partial charge < -0.3 is 9.64 Å². The third-order valence-electron chi connectivity index (χ3n) is 5.09. The van der Waals surface area contributed by atoms with Crippen LogP contribution in [0.2, 0.25) is 0 Å². The summed E-state index contributed by atoms with van der Waals surface area (Å²) >= 11 is 0. The van der Waals surface area contributed by atoms with Crippen LogP contribution in [0.5, 0.6) is 0 Å². The van der Waals surface area contributed by atoms with Crippen LogP contribution in [-0.2, 0) is 4.74 Å². The highest BCUT2D eigenvalue weighted by Crippen LogP contribution is 2.65. The first-order valence-corrected chi connectivity index (χ1v) is 7.19. The molecule has 1 aliphatic heterocycles. The summed E-state index contributed by atoms with van der Waals surface area (Å²) in [5, 5.41) is 0. The smallest absolute Gasteiger partial charge is 0.410 e. The summed E-state index contributed by atoms with van der Waals surface area (Å²) in [6.45, 7) is 10.0. The van der Waals surface area contributed by atoms with Crippen LogP contribution in [0.15, 0.2) is 0 Å². The fourth-order valence-corrected chi connectivity index (χ4v) is 3.56. The van der Waals surface area contributed by atoms with E-state index in [-0.39, 0.29) is 11.7 Å². The molecular formula is C15H25NO2. The van der Waals surface area contributed by atoms with E-state index in [0.29, 0.717) is 10.8 Å². The van der Waals surface area contributed by atoms with Crippen LogP contribution in [0.25, 0.3) is 0 Å². The number of likely N-dealkylation sites (tertiary alicyclic amines) is 1. The number of hydrogen-bond donors (Lipinski definition) is 0. The van der Waals surface area contributed by atoms with E-state index in [4.69, 9.17) is 4.74 Å². The van der Waals surface area contributed by atoms with Crippen LogP contribution in [0.3, 0.4) is 0 Å². The lowest BCUT2D eigenvalue weighted by atomic mass is 9.54. The molecule has 1 heterocycles. The predicted octanol–water partition coefficient (Wildman–Crippen LogP) is 3.43. The molecule has 1 amide bonds. The highest BCUT2D eigenvalue weighted by molar-refractivity contribution is 5.69. The molecular weight excluding hydrogens is 226 g/mol. The number of hydrogen-bond acceptors (Lipinski definition) is 2. The Morgan fingerprint density at radius 2 is 1.78 bits per heavy atom. The van der Waals surface area contributed by atoms with E-state index in [0.717, 1.165) is 19.0 Å². The van der Waals surface area contributed by atoms with Crippen LogP contribution in [-0.4, -0.2) is 29.7 Å². The molecule has 3 nitrogen and oxygen atoms in total. The SMILES string of the molecule is CC(C)(C)OC(=O)N1CC2(CC(C3(C)CC3)C2)C1. The molecule has 2 aliphatic carbocycles. The van der Waals surface area contributed by atoms with Gasteiger partial charge >= 0.3 is 6.09 Å². The van der Waals surface area contributed by atoms with Crippen molar-refractivity contribution in [1.82, 2.24) is 4.90 Å². The van der Waals surface area contributed by atoms with Crippen molar-refractivity contribution in [3.8, 4) is 0 Å². The monoisotopic (exact) mass is 251 g/mol. The minimum atomic E-state index is -0.372. The first-order chi connectivity index (χ1) is 8.22. The van der Waals surface area contributed by atoms with E-state index < -0.39 is 0 Å². The Bertz CT molecular complexity index is 364. The molecule has 0 bridgehead atoms. The molecule has 102 valence electrons. The molecule has 1 spiro atoms. The van der Waals surface area contributed by atoms with Gasteiger partial charge in [0.15, 0.2) is 0 Å². The minimum absolute atomic E-state index is 0.130. The first-order valence-electron chi connectivity index (χ1n) is 7.19. The van der Waals surface area contributed by atoms with Gasteiger partial charge in [-0.2, -0.15) is 0 Å². The first kappa shape index (κ1) is 12.3. The topological polar surface area (TPSA) is 29.5 Å². The molecule has 3 aliphatic rings. The molecule has 0 radical (unpaired) electrons. The number of carbonyl (C=O) groups excluding carboxylic acids is 1. The van der Waals surface area contributed by atoms with Crippen molar-refractivity contribution in [2.75, 3.05) is 13.1 Å². The molecule has 0 N–H and O–H groups in total. The Hall–Kier alpha value is -0.730. The van der Waals surface area contributed by atoms with E-state index in [1.807, 2.05) is 25.7 Å². The second-order valence-corrected chi connectivity index (χ2v) is 8.10. The summed E-state index contributed by atoms with van der Waals surface area (Å²) in [6, 6.07) is 0. The Labute approximate surface area is 110 Å². The van der Waals surface area contributed by atoms with E-state index in [9.17, 15) is 4.79 Å². The number of carbonyl (C=O) groups is 1. The van der Waals surface area contributed by atoms with Crippen molar-refractivity contribution in [2.45, 2.75) is 59.0 Å². The quantitative estimate of drug-likeness (QED) is 0.714. The number of nitrogens with zero attached hydrogens (tertiary/aromatic N) is 1. The van der Waals surface area contributed by atoms with Crippen LogP contribution < -0.4 is 0 Å². The normalized spacial score (nSPS) is 28.6. The van der Waals surface area contributed by atoms with Crippen LogP contribution in [0.1, 0.15) is 53.4 Å². The van der Waals surface area contributed by atoms with Crippen molar-refractivity contribution >= 4 is 6.09 Å². The number of amides is 1. The molecule has 0 aromatic carbocycles. The van der Waals surface area contributed by atoms with E-state index in [2.05, 4.69) is 6.92 Å². The van der Waals surface area contributed by atoms with Crippen molar-refractivity contribution in [2.24, 2.45) is 16.7 Å². The number of rotatable bonds is 1. The third-order valence-corrected chi connectivity index (χ3v) is 5.09. The Morgan fingerprint density at radius 1 is 1.22 bits per heavy atom. The second-order valence-electron chi connectivity index (χ2n) is 8.10. The van der Waals surface area contributed by atoms with Crippen LogP contribution in [0, 0.1) is 16.7 Å². The zero-order valence-corrected chi connectivity index (χ0v) is 12.1. The summed E-state index contributed by atoms with van der Waals surface area (Å²) < 4.78 is 5.40. The van der Waals surface area contributed by atoms with Gasteiger partial charge in [-0.3, -0.25) is 0 Å². The van der Waals surface area contributed by atoms with Gasteiger partial charge in [-0.1, -0.05) is 6.92 Å². The molecule has 3 heteroatoms. The number of ether oxygens (including phenoxy) is 1. The third kappa shape index (κ3) is 2.02. The van der Waals surface area contributed by atoms with Gasteiger partial charge in [0, 0.05) is 18.5 Å². The molecule has 18 heavy (non-hydrogen) atoms. The molecule has 3 fully saturated rings. The predicted molar refractivity (Wildman–Crippen MR) is 70.3 cm³/mol. The highest BCUT2D eigenvalue weighted by atomic mass is 16.6. The lowest BCUT2D eigenvalue weighted by Gasteiger charge is -2.60. The van der Waals surface area contributed by atoms with E-state index in [1.54, 1.807) is 0 Å². The van der Waals surface area contributed by atoms with Crippen molar-refractivity contribution in [3.63, 3.8) is 0 Å². The standard InChI is InChI=1S/C15H25NO2/c1-13(2,3)18-12(17)16-9-15(10-16)7-11(8-15)14(4)5-6-14/h11H,5-10H2,1-4H3. The van der Waals surface area contributed by atoms with Gasteiger partial charge in [-0.25, -0.2) is 4.79 Å². The summed E-state index contributed by atoms with van der Waals surface area (Å²) in [7, 11) is 0. The van der Waals surface area contributed by atoms with Crippen molar-refractivity contribution in [3.05, 3.63) is 0 Å². The van der Waals surface area contributed by atoms with E-state index in [1.165, 1.54) is 25.7 Å². The fraction of sp³-hybridized carbons (Fsp3) is 0.933. The van der Waals surface area contributed by atoms with Gasteiger partial charge in [0.1, 0.15) is 5.60 Å². The molecule has 2 saturated carbocycles. The van der Waals surface area contributed by atoms with Crippen LogP contribution >= 0.6 is 0 Å². The average molecular weight is 251 g/mol. The maximum atomic E-state index is 11.9. The lowest BCUT2D eigenvalue weighted by molar-refractivity contribution is -0.110. The van der Waals surface area contributed by atoms with Gasteiger partial charge in [0.05, 0.1) is 0 Å². The van der Waals surface area contributed by atoms with Crippen molar-refractivity contribution < 1.29 is 9.53 Å². The molecule has 0 aromatic heterocycles. The molecule has 0 unspecified atom stereocenters. The summed E-state index contributed by atoms with van der Waals surface area (Å²) in [5.41, 5.74) is 0.758. The van der Waals surface area contributed by atoms with Gasteiger partial charge in [-0.05, 0) is 57.8 Å². The Morgan fingerprint density at radius 3 is 2.22 bits per heavy atom. The zero-order chi connectivity index (χ0) is 13.2. The summed E-state index contributed by atoms with van der Waals surface area (Å²) in [6.07, 6.45) is 5.38. The maximum Gasteiger partial charge on any atom is 0.410 e. The fourth-order valence-electron chi connectivity index (χ4n) is 3.56.